The number of halogens is 1. The molecule has 0 spiro atoms. The highest BCUT2D eigenvalue weighted by Crippen LogP contribution is 2.17. The first-order chi connectivity index (χ1) is 5.27. The fraction of sp³-hybridized carbons (Fsp3) is 0. The van der Waals surface area contributed by atoms with Crippen molar-refractivity contribution in [3.05, 3.63) is 34.9 Å². The number of nitrogens with one attached hydrogen (secondary N) is 1. The number of benzene rings is 1. The third kappa shape index (κ3) is 0.847. The molecule has 2 heteroatoms. The van der Waals surface area contributed by atoms with Gasteiger partial charge in [-0.25, -0.2) is 0 Å². The molecule has 2 rings (SSSR count). The molecule has 1 aromatic carbocycles. The summed E-state index contributed by atoms with van der Waals surface area (Å²) in [6.07, 6.45) is 1.69. The van der Waals surface area contributed by atoms with Crippen LogP contribution in [0.1, 0.15) is 1.37 Å². The molecule has 0 aliphatic rings. The molecule has 0 bridgehead atoms. The number of hydrogen-bond acceptors (Lipinski definition) is 0. The van der Waals surface area contributed by atoms with Gasteiger partial charge < -0.3 is 4.98 Å². The maximum atomic E-state index is 7.49. The van der Waals surface area contributed by atoms with Crippen molar-refractivity contribution in [1.82, 2.24) is 4.98 Å². The lowest BCUT2D eigenvalue weighted by molar-refractivity contribution is 1.48. The third-order valence-electron chi connectivity index (χ3n) is 1.44. The first-order valence-electron chi connectivity index (χ1n) is 3.50. The topological polar surface area (TPSA) is 15.8 Å². The van der Waals surface area contributed by atoms with E-state index in [1.165, 1.54) is 0 Å². The summed E-state index contributed by atoms with van der Waals surface area (Å²) < 4.78 is 8.50. The molecule has 10 heavy (non-hydrogen) atoms. The quantitative estimate of drug-likeness (QED) is 0.668. The average molecular weight is 197 g/mol. The molecule has 0 saturated carbocycles. The van der Waals surface area contributed by atoms with Crippen LogP contribution in [0.2, 0.25) is 0 Å². The van der Waals surface area contributed by atoms with Gasteiger partial charge in [0.1, 0.15) is 0 Å². The van der Waals surface area contributed by atoms with E-state index in [9.17, 15) is 0 Å². The highest BCUT2D eigenvalue weighted by Gasteiger charge is 1.92. The number of H-pyrrole nitrogens is 1. The Morgan fingerprint density at radius 2 is 2.40 bits per heavy atom. The van der Waals surface area contributed by atoms with Crippen LogP contribution in [0.5, 0.6) is 0 Å². The van der Waals surface area contributed by atoms with Gasteiger partial charge in [0.15, 0.2) is 0 Å². The molecule has 0 atom stereocenters. The Morgan fingerprint density at radius 1 is 1.50 bits per heavy atom. The van der Waals surface area contributed by atoms with Gasteiger partial charge >= 0.3 is 0 Å². The van der Waals surface area contributed by atoms with Gasteiger partial charge in [-0.3, -0.25) is 0 Å². The molecular weight excluding hydrogens is 190 g/mol. The summed E-state index contributed by atoms with van der Waals surface area (Å²) >= 11 is 3.35. The maximum Gasteiger partial charge on any atom is 0.0645 e. The van der Waals surface area contributed by atoms with Crippen LogP contribution in [0.15, 0.2) is 34.9 Å². The van der Waals surface area contributed by atoms with Crippen molar-refractivity contribution < 1.29 is 1.37 Å². The minimum absolute atomic E-state index is 0.543. The van der Waals surface area contributed by atoms with Crippen LogP contribution < -0.4 is 0 Å². The van der Waals surface area contributed by atoms with Crippen LogP contribution in [0, 0.1) is 0 Å². The summed E-state index contributed by atoms with van der Waals surface area (Å²) in [5.74, 6) is 0. The lowest BCUT2D eigenvalue weighted by atomic mass is 10.3. The van der Waals surface area contributed by atoms with E-state index in [1.807, 2.05) is 18.2 Å². The molecule has 2 aromatic rings. The van der Waals surface area contributed by atoms with Crippen molar-refractivity contribution in [1.29, 1.82) is 0 Å². The third-order valence-corrected chi connectivity index (χ3v) is 1.93. The molecule has 0 amide bonds. The predicted octanol–water partition coefficient (Wildman–Crippen LogP) is 2.93. The predicted molar refractivity (Wildman–Crippen MR) is 46.0 cm³/mol. The second kappa shape index (κ2) is 2.13. The zero-order chi connectivity index (χ0) is 7.84. The smallest absolute Gasteiger partial charge is 0.0645 e. The molecule has 0 aliphatic heterocycles. The Morgan fingerprint density at radius 3 is 3.30 bits per heavy atom. The largest absolute Gasteiger partial charge is 0.361 e. The summed E-state index contributed by atoms with van der Waals surface area (Å²) in [6, 6.07) is 6.39. The van der Waals surface area contributed by atoms with Crippen molar-refractivity contribution in [2.75, 3.05) is 0 Å². The Hall–Kier alpha value is -0.760. The van der Waals surface area contributed by atoms with E-state index in [2.05, 4.69) is 20.9 Å². The Balaban J connectivity index is 2.87. The lowest BCUT2D eigenvalue weighted by Crippen LogP contribution is -1.65. The Labute approximate surface area is 68.6 Å². The Bertz CT molecular complexity index is 394. The number of fused-ring (bicyclic) bond motifs is 1. The van der Waals surface area contributed by atoms with Gasteiger partial charge in [0.2, 0.25) is 0 Å². The van der Waals surface area contributed by atoms with Crippen molar-refractivity contribution in [2.45, 2.75) is 0 Å². The number of hydrogen-bond donors (Lipinski definition) is 1. The van der Waals surface area contributed by atoms with Crippen LogP contribution in [-0.2, 0) is 0 Å². The molecule has 1 N–H and O–H groups in total. The monoisotopic (exact) mass is 196 g/mol. The van der Waals surface area contributed by atoms with Crippen LogP contribution in [0.3, 0.4) is 0 Å². The van der Waals surface area contributed by atoms with Crippen molar-refractivity contribution in [2.24, 2.45) is 0 Å². The molecule has 1 nitrogen and oxygen atoms in total. The first kappa shape index (κ1) is 4.97. The van der Waals surface area contributed by atoms with E-state index in [-0.39, 0.29) is 0 Å². The maximum absolute atomic E-state index is 7.49. The minimum Gasteiger partial charge on any atom is -0.361 e. The van der Waals surface area contributed by atoms with Crippen LogP contribution in [0.25, 0.3) is 10.9 Å². The number of aromatic amines is 1. The molecule has 0 aliphatic carbocycles. The van der Waals surface area contributed by atoms with Crippen molar-refractivity contribution in [3.63, 3.8) is 0 Å². The van der Waals surface area contributed by atoms with Crippen LogP contribution in [0.4, 0.5) is 0 Å². The van der Waals surface area contributed by atoms with Gasteiger partial charge in [0.25, 0.3) is 0 Å². The standard InChI is InChI=1S/C8H6BrN/c9-7-1-2-8-6(5-7)3-4-10-8/h1-5,10H/i3D. The van der Waals surface area contributed by atoms with Gasteiger partial charge in [0, 0.05) is 21.6 Å². The molecule has 1 aromatic heterocycles. The van der Waals surface area contributed by atoms with Crippen molar-refractivity contribution >= 4 is 26.8 Å². The van der Waals surface area contributed by atoms with E-state index >= 15 is 0 Å². The fourth-order valence-electron chi connectivity index (χ4n) is 0.953. The van der Waals surface area contributed by atoms with Crippen LogP contribution in [-0.4, -0.2) is 4.98 Å². The van der Waals surface area contributed by atoms with Crippen LogP contribution >= 0.6 is 15.9 Å². The second-order valence-electron chi connectivity index (χ2n) is 2.12. The molecule has 0 saturated heterocycles. The summed E-state index contributed by atoms with van der Waals surface area (Å²) in [7, 11) is 0. The zero-order valence-electron chi connectivity index (χ0n) is 6.19. The Kier molecular flexibility index (Phi) is 1.06. The van der Waals surface area contributed by atoms with E-state index in [1.54, 1.807) is 6.20 Å². The lowest BCUT2D eigenvalue weighted by Gasteiger charge is -1.88. The van der Waals surface area contributed by atoms with Gasteiger partial charge in [-0.1, -0.05) is 15.9 Å². The first-order valence-corrected chi connectivity index (χ1v) is 3.80. The van der Waals surface area contributed by atoms with E-state index in [4.69, 9.17) is 1.37 Å². The normalized spacial score (nSPS) is 11.9. The average Bonchev–Trinajstić information content (AvgIpc) is 2.33. The molecular formula is C8H6BrN. The summed E-state index contributed by atoms with van der Waals surface area (Å²) in [5.41, 5.74) is 1.01. The van der Waals surface area contributed by atoms with E-state index < -0.39 is 0 Å². The SMILES string of the molecule is [2H]c1c[nH]c2ccc(Br)cc12. The summed E-state index contributed by atoms with van der Waals surface area (Å²) in [6.45, 7) is 0. The fourth-order valence-corrected chi connectivity index (χ4v) is 1.31. The molecule has 1 heterocycles. The van der Waals surface area contributed by atoms with E-state index in [0.717, 1.165) is 15.4 Å². The highest BCUT2D eigenvalue weighted by molar-refractivity contribution is 9.10. The minimum atomic E-state index is 0.543. The number of aromatic nitrogens is 1. The van der Waals surface area contributed by atoms with E-state index in [0.29, 0.717) is 6.04 Å². The van der Waals surface area contributed by atoms with Crippen molar-refractivity contribution in [3.8, 4) is 0 Å². The molecule has 0 radical (unpaired) electrons. The van der Waals surface area contributed by atoms with Gasteiger partial charge in [-0.05, 0) is 24.2 Å². The number of rotatable bonds is 0. The van der Waals surface area contributed by atoms with Gasteiger partial charge in [0.05, 0.1) is 1.37 Å². The highest BCUT2D eigenvalue weighted by atomic mass is 79.9. The summed E-state index contributed by atoms with van der Waals surface area (Å²) in [5, 5.41) is 0.958. The molecule has 0 fully saturated rings. The molecule has 0 unspecified atom stereocenters. The molecule has 50 valence electrons. The summed E-state index contributed by atoms with van der Waals surface area (Å²) in [4.78, 5) is 3.01. The van der Waals surface area contributed by atoms with Gasteiger partial charge in [-0.15, -0.1) is 0 Å². The zero-order valence-corrected chi connectivity index (χ0v) is 6.77. The van der Waals surface area contributed by atoms with Gasteiger partial charge in [-0.2, -0.15) is 0 Å². The second-order valence-corrected chi connectivity index (χ2v) is 3.04.